The van der Waals surface area contributed by atoms with E-state index in [9.17, 15) is 9.59 Å². The maximum Gasteiger partial charge on any atom is 0.316 e. The molecular formula is C38H54O5. The van der Waals surface area contributed by atoms with Crippen LogP contribution in [0.5, 0.6) is 11.5 Å². The van der Waals surface area contributed by atoms with Crippen molar-refractivity contribution < 1.29 is 23.8 Å². The standard InChI is InChI=1S/C38H54O5/c1-25(2)15-13-16-26(3)17-14-18-27(4)34(37(40)41-9)33(39)23-38(8)22-21-32-30(7)35(28(5)29(6)36(32)43-38)42-24-31-19-11-10-12-20-31/h10-12,14,18-20,25-27,34H,13,15-17,21-24H2,1-9H3. The Bertz CT molecular complexity index is 1260. The number of ketones is 1. The third-order valence-electron chi connectivity index (χ3n) is 9.12. The molecule has 0 saturated carbocycles. The summed E-state index contributed by atoms with van der Waals surface area (Å²) < 4.78 is 18.1. The molecule has 5 nitrogen and oxygen atoms in total. The van der Waals surface area contributed by atoms with Crippen LogP contribution >= 0.6 is 0 Å². The van der Waals surface area contributed by atoms with Crippen molar-refractivity contribution in [2.24, 2.45) is 23.7 Å². The molecule has 5 heteroatoms. The van der Waals surface area contributed by atoms with Crippen molar-refractivity contribution in [3.63, 3.8) is 0 Å². The predicted molar refractivity (Wildman–Crippen MR) is 175 cm³/mol. The number of carbonyl (C=O) groups is 2. The molecule has 1 aliphatic heterocycles. The zero-order valence-corrected chi connectivity index (χ0v) is 28.0. The van der Waals surface area contributed by atoms with Crippen molar-refractivity contribution in [2.75, 3.05) is 7.11 Å². The first-order valence-electron chi connectivity index (χ1n) is 16.1. The molecule has 0 radical (unpaired) electrons. The van der Waals surface area contributed by atoms with Crippen molar-refractivity contribution >= 4 is 11.8 Å². The Labute approximate surface area is 260 Å². The normalized spacial score (nSPS) is 18.6. The summed E-state index contributed by atoms with van der Waals surface area (Å²) in [6.45, 7) is 17.4. The predicted octanol–water partition coefficient (Wildman–Crippen LogP) is 9.07. The molecular weight excluding hydrogens is 536 g/mol. The van der Waals surface area contributed by atoms with E-state index >= 15 is 0 Å². The van der Waals surface area contributed by atoms with E-state index in [-0.39, 0.29) is 18.1 Å². The maximum atomic E-state index is 13.7. The van der Waals surface area contributed by atoms with Gasteiger partial charge in [0.05, 0.1) is 7.11 Å². The van der Waals surface area contributed by atoms with Crippen molar-refractivity contribution in [1.29, 1.82) is 0 Å². The molecule has 2 aromatic carbocycles. The van der Waals surface area contributed by atoms with Crippen molar-refractivity contribution in [3.8, 4) is 11.5 Å². The fourth-order valence-electron chi connectivity index (χ4n) is 6.23. The largest absolute Gasteiger partial charge is 0.488 e. The third-order valence-corrected chi connectivity index (χ3v) is 9.12. The van der Waals surface area contributed by atoms with E-state index in [2.05, 4.69) is 59.8 Å². The summed E-state index contributed by atoms with van der Waals surface area (Å²) in [5.74, 6) is 1.34. The molecule has 0 spiro atoms. The summed E-state index contributed by atoms with van der Waals surface area (Å²) in [7, 11) is 1.36. The number of rotatable bonds is 15. The number of hydrogen-bond acceptors (Lipinski definition) is 5. The van der Waals surface area contributed by atoms with E-state index in [0.29, 0.717) is 18.9 Å². The quantitative estimate of drug-likeness (QED) is 0.118. The summed E-state index contributed by atoms with van der Waals surface area (Å²) in [5.41, 5.74) is 4.73. The molecule has 0 fully saturated rings. The molecule has 1 heterocycles. The lowest BCUT2D eigenvalue weighted by molar-refractivity contribution is -0.151. The summed E-state index contributed by atoms with van der Waals surface area (Å²) in [5, 5.41) is 0. The Morgan fingerprint density at radius 1 is 1.00 bits per heavy atom. The molecule has 0 N–H and O–H groups in total. The van der Waals surface area contributed by atoms with Gasteiger partial charge in [-0.05, 0) is 87.0 Å². The first-order valence-corrected chi connectivity index (χ1v) is 16.1. The molecule has 0 bridgehead atoms. The molecule has 0 aliphatic carbocycles. The Hall–Kier alpha value is -3.08. The number of hydrogen-bond donors (Lipinski definition) is 0. The van der Waals surface area contributed by atoms with Crippen LogP contribution in [0.2, 0.25) is 0 Å². The van der Waals surface area contributed by atoms with Gasteiger partial charge in [-0.1, -0.05) is 89.4 Å². The van der Waals surface area contributed by atoms with E-state index in [0.717, 1.165) is 58.1 Å². The van der Waals surface area contributed by atoms with Crippen LogP contribution in [-0.2, 0) is 27.4 Å². The molecule has 1 aliphatic rings. The number of allylic oxidation sites excluding steroid dienone is 2. The first kappa shape index (κ1) is 34.4. The molecule has 0 amide bonds. The monoisotopic (exact) mass is 590 g/mol. The third kappa shape index (κ3) is 9.20. The number of methoxy groups -OCH3 is 1. The number of Topliss-reactive ketones (excluding diaryl/α,β-unsaturated/α-hetero) is 1. The van der Waals surface area contributed by atoms with Crippen LogP contribution in [0.3, 0.4) is 0 Å². The molecule has 3 rings (SSSR count). The second-order valence-corrected chi connectivity index (χ2v) is 13.4. The highest BCUT2D eigenvalue weighted by Gasteiger charge is 2.41. The van der Waals surface area contributed by atoms with Crippen LogP contribution in [0.25, 0.3) is 0 Å². The van der Waals surface area contributed by atoms with Crippen LogP contribution in [0.15, 0.2) is 42.5 Å². The Balaban J connectivity index is 1.71. The van der Waals surface area contributed by atoms with Crippen molar-refractivity contribution in [1.82, 2.24) is 0 Å². The smallest absolute Gasteiger partial charge is 0.316 e. The molecule has 4 unspecified atom stereocenters. The lowest BCUT2D eigenvalue weighted by atomic mass is 9.80. The molecule has 236 valence electrons. The van der Waals surface area contributed by atoms with E-state index in [1.807, 2.05) is 38.1 Å². The van der Waals surface area contributed by atoms with Crippen LogP contribution in [0, 0.1) is 44.4 Å². The molecule has 4 atom stereocenters. The molecule has 0 saturated heterocycles. The van der Waals surface area contributed by atoms with Gasteiger partial charge in [-0.15, -0.1) is 0 Å². The van der Waals surface area contributed by atoms with Crippen molar-refractivity contribution in [3.05, 3.63) is 70.3 Å². The second-order valence-electron chi connectivity index (χ2n) is 13.4. The Morgan fingerprint density at radius 3 is 2.35 bits per heavy atom. The zero-order valence-electron chi connectivity index (χ0n) is 28.0. The number of esters is 1. The van der Waals surface area contributed by atoms with Crippen LogP contribution < -0.4 is 9.47 Å². The highest BCUT2D eigenvalue weighted by molar-refractivity contribution is 6.00. The summed E-state index contributed by atoms with van der Waals surface area (Å²) >= 11 is 0. The van der Waals surface area contributed by atoms with Gasteiger partial charge in [0.1, 0.15) is 29.6 Å². The van der Waals surface area contributed by atoms with Crippen LogP contribution in [0.4, 0.5) is 0 Å². The van der Waals surface area contributed by atoms with Gasteiger partial charge in [-0.3, -0.25) is 9.59 Å². The zero-order chi connectivity index (χ0) is 31.7. The van der Waals surface area contributed by atoms with E-state index < -0.39 is 17.5 Å². The topological polar surface area (TPSA) is 61.8 Å². The van der Waals surface area contributed by atoms with Gasteiger partial charge in [0, 0.05) is 12.0 Å². The SMILES string of the molecule is COC(=O)C(C(=O)CC1(C)CCc2c(C)c(OCc3ccccc3)c(C)c(C)c2O1)C(C)C=CCC(C)CCCC(C)C. The average Bonchev–Trinajstić information content (AvgIpc) is 2.96. The van der Waals surface area contributed by atoms with Gasteiger partial charge < -0.3 is 14.2 Å². The van der Waals surface area contributed by atoms with E-state index in [4.69, 9.17) is 14.2 Å². The first-order chi connectivity index (χ1) is 20.4. The van der Waals surface area contributed by atoms with E-state index in [1.54, 1.807) is 0 Å². The maximum absolute atomic E-state index is 13.7. The minimum atomic E-state index is -0.849. The summed E-state index contributed by atoms with van der Waals surface area (Å²) in [4.78, 5) is 26.6. The lowest BCUT2D eigenvalue weighted by Gasteiger charge is -2.38. The number of carbonyl (C=O) groups excluding carboxylic acids is 2. The Kier molecular flexibility index (Phi) is 12.5. The van der Waals surface area contributed by atoms with Gasteiger partial charge in [0.2, 0.25) is 0 Å². The highest BCUT2D eigenvalue weighted by atomic mass is 16.5. The summed E-state index contributed by atoms with van der Waals surface area (Å²) in [6.07, 6.45) is 10.4. The molecule has 0 aromatic heterocycles. The fourth-order valence-corrected chi connectivity index (χ4v) is 6.23. The number of fused-ring (bicyclic) bond motifs is 1. The van der Waals surface area contributed by atoms with Gasteiger partial charge in [0.25, 0.3) is 0 Å². The van der Waals surface area contributed by atoms with Gasteiger partial charge in [-0.2, -0.15) is 0 Å². The van der Waals surface area contributed by atoms with Gasteiger partial charge in [-0.25, -0.2) is 0 Å². The minimum absolute atomic E-state index is 0.131. The fraction of sp³-hybridized carbons (Fsp3) is 0.579. The number of ether oxygens (including phenoxy) is 3. The van der Waals surface area contributed by atoms with Gasteiger partial charge in [0.15, 0.2) is 5.78 Å². The van der Waals surface area contributed by atoms with E-state index in [1.165, 1.54) is 26.4 Å². The number of benzene rings is 2. The van der Waals surface area contributed by atoms with Gasteiger partial charge >= 0.3 is 5.97 Å². The highest BCUT2D eigenvalue weighted by Crippen LogP contribution is 2.45. The Morgan fingerprint density at radius 2 is 1.70 bits per heavy atom. The lowest BCUT2D eigenvalue weighted by Crippen LogP contribution is -2.42. The van der Waals surface area contributed by atoms with Crippen LogP contribution in [-0.4, -0.2) is 24.5 Å². The second kappa shape index (κ2) is 15.6. The van der Waals surface area contributed by atoms with Crippen LogP contribution in [0.1, 0.15) is 101 Å². The molecule has 43 heavy (non-hydrogen) atoms. The van der Waals surface area contributed by atoms with Crippen molar-refractivity contribution in [2.45, 2.75) is 113 Å². The average molecular weight is 591 g/mol. The molecule has 2 aromatic rings. The summed E-state index contributed by atoms with van der Waals surface area (Å²) in [6, 6.07) is 10.2. The minimum Gasteiger partial charge on any atom is -0.488 e.